The van der Waals surface area contributed by atoms with Crippen molar-refractivity contribution in [1.29, 1.82) is 0 Å². The number of carbonyl (C=O) groups excluding carboxylic acids is 3. The van der Waals surface area contributed by atoms with Crippen LogP contribution in [0.2, 0.25) is 0 Å². The molecule has 0 bridgehead atoms. The molecular formula is C25H27N5O4S. The number of benzene rings is 2. The van der Waals surface area contributed by atoms with Crippen molar-refractivity contribution in [2.24, 2.45) is 0 Å². The number of rotatable bonds is 9. The van der Waals surface area contributed by atoms with Crippen molar-refractivity contribution in [2.45, 2.75) is 50.9 Å². The number of hydrogen-bond acceptors (Lipinski definition) is 7. The largest absolute Gasteiger partial charge is 0.325 e. The lowest BCUT2D eigenvalue weighted by molar-refractivity contribution is -0.116. The van der Waals surface area contributed by atoms with Gasteiger partial charge in [-0.3, -0.25) is 24.2 Å². The highest BCUT2D eigenvalue weighted by atomic mass is 32.2. The highest BCUT2D eigenvalue weighted by molar-refractivity contribution is 8.00. The third-order valence-electron chi connectivity index (χ3n) is 5.16. The first-order valence-electron chi connectivity index (χ1n) is 11.2. The lowest BCUT2D eigenvalue weighted by Gasteiger charge is -2.14. The molecule has 10 heteroatoms. The Labute approximate surface area is 207 Å². The van der Waals surface area contributed by atoms with Gasteiger partial charge in [0.05, 0.1) is 10.9 Å². The zero-order valence-electron chi connectivity index (χ0n) is 20.0. The number of H-pyrrole nitrogens is 1. The Morgan fingerprint density at radius 1 is 1.06 bits per heavy atom. The smallest absolute Gasteiger partial charge is 0.278 e. The van der Waals surface area contributed by atoms with Gasteiger partial charge in [0.2, 0.25) is 11.8 Å². The molecular weight excluding hydrogens is 466 g/mol. The summed E-state index contributed by atoms with van der Waals surface area (Å²) in [6.07, 6.45) is 0.768. The van der Waals surface area contributed by atoms with E-state index in [2.05, 4.69) is 25.8 Å². The maximum Gasteiger partial charge on any atom is 0.278 e. The van der Waals surface area contributed by atoms with Gasteiger partial charge in [-0.25, -0.2) is 0 Å². The molecule has 1 aromatic heterocycles. The molecule has 0 aliphatic heterocycles. The Hall–Kier alpha value is -3.79. The average Bonchev–Trinajstić information content (AvgIpc) is 2.83. The van der Waals surface area contributed by atoms with Crippen LogP contribution in [0.4, 0.5) is 11.4 Å². The van der Waals surface area contributed by atoms with E-state index >= 15 is 0 Å². The fraction of sp³-hybridized carbons (Fsp3) is 0.280. The zero-order chi connectivity index (χ0) is 25.5. The van der Waals surface area contributed by atoms with Gasteiger partial charge in [-0.05, 0) is 44.5 Å². The molecule has 0 saturated heterocycles. The maximum absolute atomic E-state index is 12.9. The molecule has 0 spiro atoms. The minimum atomic E-state index is -0.551. The summed E-state index contributed by atoms with van der Waals surface area (Å²) in [6.45, 7) is 6.92. The number of aromatic amines is 1. The highest BCUT2D eigenvalue weighted by Gasteiger charge is 2.21. The highest BCUT2D eigenvalue weighted by Crippen LogP contribution is 2.27. The minimum Gasteiger partial charge on any atom is -0.325 e. The molecule has 0 radical (unpaired) electrons. The Bertz CT molecular complexity index is 1320. The molecule has 0 unspecified atom stereocenters. The summed E-state index contributed by atoms with van der Waals surface area (Å²) in [5.74, 6) is -0.563. The van der Waals surface area contributed by atoms with Gasteiger partial charge in [0.1, 0.15) is 0 Å². The van der Waals surface area contributed by atoms with Crippen molar-refractivity contribution >= 4 is 40.7 Å². The molecule has 35 heavy (non-hydrogen) atoms. The van der Waals surface area contributed by atoms with E-state index in [1.165, 1.54) is 6.92 Å². The quantitative estimate of drug-likeness (QED) is 0.300. The van der Waals surface area contributed by atoms with Crippen LogP contribution in [0.5, 0.6) is 0 Å². The number of aryl methyl sites for hydroxylation is 1. The van der Waals surface area contributed by atoms with Gasteiger partial charge in [0.15, 0.2) is 16.6 Å². The van der Waals surface area contributed by atoms with Gasteiger partial charge >= 0.3 is 0 Å². The molecule has 1 heterocycles. The molecule has 3 N–H and O–H groups in total. The number of aromatic nitrogens is 3. The number of nitrogens with one attached hydrogen (secondary N) is 3. The lowest BCUT2D eigenvalue weighted by atomic mass is 10.1. The van der Waals surface area contributed by atoms with Crippen LogP contribution < -0.4 is 16.2 Å². The van der Waals surface area contributed by atoms with E-state index in [4.69, 9.17) is 0 Å². The van der Waals surface area contributed by atoms with Crippen LogP contribution in [0.25, 0.3) is 11.3 Å². The first kappa shape index (κ1) is 25.8. The molecule has 1 atom stereocenters. The minimum absolute atomic E-state index is 0.0722. The van der Waals surface area contributed by atoms with Crippen LogP contribution in [0.3, 0.4) is 0 Å². The zero-order valence-corrected chi connectivity index (χ0v) is 20.8. The van der Waals surface area contributed by atoms with Crippen molar-refractivity contribution < 1.29 is 14.4 Å². The summed E-state index contributed by atoms with van der Waals surface area (Å²) in [6, 6.07) is 12.0. The molecule has 3 aromatic rings. The average molecular weight is 494 g/mol. The summed E-state index contributed by atoms with van der Waals surface area (Å²) in [7, 11) is 0. The maximum atomic E-state index is 12.9. The number of carbonyl (C=O) groups is 3. The van der Waals surface area contributed by atoms with E-state index in [1.807, 2.05) is 19.9 Å². The van der Waals surface area contributed by atoms with Crippen LogP contribution in [0.15, 0.2) is 52.4 Å². The third-order valence-corrected chi connectivity index (χ3v) is 6.39. The van der Waals surface area contributed by atoms with Crippen LogP contribution >= 0.6 is 11.8 Å². The Balaban J connectivity index is 1.81. The van der Waals surface area contributed by atoms with Crippen molar-refractivity contribution in [3.8, 4) is 11.3 Å². The first-order valence-corrected chi connectivity index (χ1v) is 12.1. The van der Waals surface area contributed by atoms with Crippen LogP contribution in [0, 0.1) is 6.92 Å². The van der Waals surface area contributed by atoms with Crippen molar-refractivity contribution in [2.75, 3.05) is 10.6 Å². The molecule has 9 nitrogen and oxygen atoms in total. The normalized spacial score (nSPS) is 11.5. The molecule has 182 valence electrons. The molecule has 0 saturated carbocycles. The molecule has 0 fully saturated rings. The van der Waals surface area contributed by atoms with Gasteiger partial charge < -0.3 is 10.6 Å². The van der Waals surface area contributed by atoms with Crippen LogP contribution in [-0.2, 0) is 9.59 Å². The summed E-state index contributed by atoms with van der Waals surface area (Å²) in [4.78, 5) is 51.9. The van der Waals surface area contributed by atoms with Gasteiger partial charge in [-0.2, -0.15) is 0 Å². The summed E-state index contributed by atoms with van der Waals surface area (Å²) in [5.41, 5.74) is 2.43. The van der Waals surface area contributed by atoms with E-state index in [-0.39, 0.29) is 28.4 Å². The van der Waals surface area contributed by atoms with Crippen LogP contribution in [-0.4, -0.2) is 38.0 Å². The number of nitrogens with zero attached hydrogens (tertiary/aromatic N) is 2. The second-order valence-corrected chi connectivity index (χ2v) is 9.09. The monoisotopic (exact) mass is 493 g/mol. The standard InChI is InChI=1S/C25H27N5O4S/c1-5-20(23(33)26-17-9-7-8-16(13-17)15(4)31)35-25-28-24(34)22(29-30-25)18-12-14(3)10-11-19(18)27-21(32)6-2/h7-13,20H,5-6H2,1-4H3,(H,26,33)(H,27,32)(H,28,30,34)/t20-/m0/s1. The van der Waals surface area contributed by atoms with Crippen molar-refractivity contribution in [3.63, 3.8) is 0 Å². The molecule has 0 aliphatic carbocycles. The summed E-state index contributed by atoms with van der Waals surface area (Å²) >= 11 is 1.09. The molecule has 2 aromatic carbocycles. The number of ketones is 1. The van der Waals surface area contributed by atoms with E-state index < -0.39 is 10.8 Å². The van der Waals surface area contributed by atoms with E-state index in [1.54, 1.807) is 43.3 Å². The second kappa shape index (κ2) is 11.6. The van der Waals surface area contributed by atoms with E-state index in [0.29, 0.717) is 35.3 Å². The number of Topliss-reactive ketones (excluding diaryl/α,β-unsaturated/α-hetero) is 1. The predicted molar refractivity (Wildman–Crippen MR) is 137 cm³/mol. The Morgan fingerprint density at radius 3 is 2.49 bits per heavy atom. The van der Waals surface area contributed by atoms with Crippen molar-refractivity contribution in [3.05, 3.63) is 63.9 Å². The fourth-order valence-electron chi connectivity index (χ4n) is 3.25. The number of anilines is 2. The van der Waals surface area contributed by atoms with E-state index in [9.17, 15) is 19.2 Å². The predicted octanol–water partition coefficient (Wildman–Crippen LogP) is 4.20. The Kier molecular flexibility index (Phi) is 8.53. The van der Waals surface area contributed by atoms with E-state index in [0.717, 1.165) is 17.3 Å². The summed E-state index contributed by atoms with van der Waals surface area (Å²) in [5, 5.41) is 13.5. The lowest BCUT2D eigenvalue weighted by Crippen LogP contribution is -2.25. The van der Waals surface area contributed by atoms with Gasteiger partial charge in [-0.1, -0.05) is 49.4 Å². The van der Waals surface area contributed by atoms with Gasteiger partial charge in [-0.15, -0.1) is 10.2 Å². The number of amides is 2. The Morgan fingerprint density at radius 2 is 1.83 bits per heavy atom. The first-order chi connectivity index (χ1) is 16.7. The van der Waals surface area contributed by atoms with Gasteiger partial charge in [0.25, 0.3) is 5.56 Å². The van der Waals surface area contributed by atoms with Crippen molar-refractivity contribution in [1.82, 2.24) is 15.2 Å². The molecule has 2 amide bonds. The summed E-state index contributed by atoms with van der Waals surface area (Å²) < 4.78 is 0. The van der Waals surface area contributed by atoms with Gasteiger partial charge in [0, 0.05) is 23.2 Å². The van der Waals surface area contributed by atoms with Crippen LogP contribution in [0.1, 0.15) is 49.5 Å². The topological polar surface area (TPSA) is 134 Å². The fourth-order valence-corrected chi connectivity index (χ4v) is 4.09. The second-order valence-electron chi connectivity index (χ2n) is 7.90. The third kappa shape index (κ3) is 6.63. The molecule has 3 rings (SSSR count). The molecule has 0 aliphatic rings. The number of hydrogen-bond donors (Lipinski definition) is 3. The number of thioether (sulfide) groups is 1. The SMILES string of the molecule is CCC(=O)Nc1ccc(C)cc1-c1nnc(S[C@@H](CC)C(=O)Nc2cccc(C(C)=O)c2)[nH]c1=O.